The highest BCUT2D eigenvalue weighted by Crippen LogP contribution is 2.27. The molecule has 1 rings (SSSR count). The molecule has 0 radical (unpaired) electrons. The fraction of sp³-hybridized carbons (Fsp3) is 0.750. The number of aliphatic hydroxyl groups is 8. The first-order valence-electron chi connectivity index (χ1n) is 6.93. The van der Waals surface area contributed by atoms with Gasteiger partial charge in [-0.15, -0.1) is 0 Å². The van der Waals surface area contributed by atoms with Crippen LogP contribution in [0.5, 0.6) is 0 Å². The van der Waals surface area contributed by atoms with Crippen molar-refractivity contribution in [2.24, 2.45) is 0 Å². The van der Waals surface area contributed by atoms with E-state index < -0.39 is 72.3 Å². The van der Waals surface area contributed by atoms with E-state index in [1.165, 1.54) is 0 Å². The third-order valence-corrected chi connectivity index (χ3v) is 3.88. The van der Waals surface area contributed by atoms with Gasteiger partial charge in [0.25, 0.3) is 5.60 Å². The number of ketones is 1. The van der Waals surface area contributed by atoms with Crippen molar-refractivity contribution in [2.45, 2.75) is 54.6 Å². The molecule has 1 heterocycles. The Balaban J connectivity index is 3.24. The monoisotopic (exact) mass is 386 g/mol. The number of ether oxygens (including phenoxy) is 1. The first kappa shape index (κ1) is 22.3. The average Bonchev–Trinajstić information content (AvgIpc) is 2.59. The summed E-state index contributed by atoms with van der Waals surface area (Å²) in [5, 5.41) is 93.9. The molecule has 14 nitrogen and oxygen atoms in total. The van der Waals surface area contributed by atoms with Crippen LogP contribution in [0.25, 0.3) is 0 Å². The SMILES string of the molecule is O=C(O)C(O)C(O)C(O)C(O)(C(=O)O)C(=O)C1OC(O)C(O)C(O)C1O. The van der Waals surface area contributed by atoms with Crippen molar-refractivity contribution < 1.29 is 70.2 Å². The van der Waals surface area contributed by atoms with Gasteiger partial charge in [-0.25, -0.2) is 9.59 Å². The van der Waals surface area contributed by atoms with Crippen molar-refractivity contribution in [3.63, 3.8) is 0 Å². The molecule has 1 saturated heterocycles. The summed E-state index contributed by atoms with van der Waals surface area (Å²) in [6.07, 6.45) is -20.3. The van der Waals surface area contributed by atoms with Gasteiger partial charge in [0.05, 0.1) is 0 Å². The lowest BCUT2D eigenvalue weighted by molar-refractivity contribution is -0.280. The van der Waals surface area contributed by atoms with Crippen molar-refractivity contribution in [3.8, 4) is 0 Å². The van der Waals surface area contributed by atoms with Crippen LogP contribution in [0.1, 0.15) is 0 Å². The van der Waals surface area contributed by atoms with Crippen molar-refractivity contribution in [2.75, 3.05) is 0 Å². The molecular weight excluding hydrogens is 368 g/mol. The van der Waals surface area contributed by atoms with Crippen LogP contribution in [0.2, 0.25) is 0 Å². The molecule has 0 spiro atoms. The fourth-order valence-corrected chi connectivity index (χ4v) is 2.24. The van der Waals surface area contributed by atoms with Crippen molar-refractivity contribution in [3.05, 3.63) is 0 Å². The minimum absolute atomic E-state index is 2.10. The second-order valence-corrected chi connectivity index (χ2v) is 5.57. The number of Topliss-reactive ketones (excluding diaryl/α,β-unsaturated/α-hetero) is 1. The van der Waals surface area contributed by atoms with Crippen LogP contribution in [-0.4, -0.2) is 123 Å². The summed E-state index contributed by atoms with van der Waals surface area (Å²) in [4.78, 5) is 34.2. The average molecular weight is 386 g/mol. The van der Waals surface area contributed by atoms with Gasteiger partial charge in [-0.05, 0) is 0 Å². The largest absolute Gasteiger partial charge is 0.479 e. The molecule has 1 aliphatic heterocycles. The smallest absolute Gasteiger partial charge is 0.346 e. The Hall–Kier alpha value is -1.75. The Labute approximate surface area is 143 Å². The predicted octanol–water partition coefficient (Wildman–Crippen LogP) is -6.66. The Kier molecular flexibility index (Phi) is 6.74. The molecule has 0 aromatic heterocycles. The zero-order chi connectivity index (χ0) is 20.6. The van der Waals surface area contributed by atoms with Crippen LogP contribution in [0.4, 0.5) is 0 Å². The Morgan fingerprint density at radius 3 is 1.81 bits per heavy atom. The van der Waals surface area contributed by atoms with Crippen LogP contribution in [0.3, 0.4) is 0 Å². The summed E-state index contributed by atoms with van der Waals surface area (Å²) in [6, 6.07) is 0. The topological polar surface area (TPSA) is 263 Å². The Bertz CT molecular complexity index is 564. The number of carboxylic acid groups (broad SMARTS) is 2. The number of carbonyl (C=O) groups is 3. The number of aliphatic carboxylic acids is 2. The molecule has 10 N–H and O–H groups in total. The van der Waals surface area contributed by atoms with Gasteiger partial charge in [0, 0.05) is 0 Å². The van der Waals surface area contributed by atoms with Crippen LogP contribution >= 0.6 is 0 Å². The zero-order valence-electron chi connectivity index (χ0n) is 12.7. The molecule has 0 aromatic carbocycles. The molecule has 1 fully saturated rings. The number of hydrogen-bond donors (Lipinski definition) is 10. The van der Waals surface area contributed by atoms with Crippen molar-refractivity contribution >= 4 is 17.7 Å². The van der Waals surface area contributed by atoms with E-state index >= 15 is 0 Å². The first-order valence-corrected chi connectivity index (χ1v) is 6.93. The highest BCUT2D eigenvalue weighted by Gasteiger charge is 2.60. The lowest BCUT2D eigenvalue weighted by atomic mass is 9.81. The molecule has 9 unspecified atom stereocenters. The summed E-state index contributed by atoms with van der Waals surface area (Å²) in [5.74, 6) is -6.76. The standard InChI is InChI=1S/C12H18O14/c13-1-2(14)6(26-10(22)5(1)17)8(19)12(25,11(23)24)7(18)3(15)4(16)9(20)21/h1-7,10,13-18,22,25H,(H,20,21)(H,23,24). The van der Waals surface area contributed by atoms with Crippen LogP contribution < -0.4 is 0 Å². The summed E-state index contributed by atoms with van der Waals surface area (Å²) >= 11 is 0. The molecule has 150 valence electrons. The number of carboxylic acids is 2. The lowest BCUT2D eigenvalue weighted by Crippen LogP contribution is -2.69. The van der Waals surface area contributed by atoms with E-state index in [1.54, 1.807) is 0 Å². The molecule has 1 aliphatic rings. The number of rotatable bonds is 7. The van der Waals surface area contributed by atoms with Gasteiger partial charge in [-0.3, -0.25) is 4.79 Å². The Morgan fingerprint density at radius 1 is 0.885 bits per heavy atom. The molecule has 0 aromatic rings. The maximum atomic E-state index is 12.3. The molecule has 0 amide bonds. The zero-order valence-corrected chi connectivity index (χ0v) is 12.7. The van der Waals surface area contributed by atoms with E-state index in [2.05, 4.69) is 4.74 Å². The quantitative estimate of drug-likeness (QED) is 0.182. The van der Waals surface area contributed by atoms with Gasteiger partial charge in [-0.1, -0.05) is 0 Å². The van der Waals surface area contributed by atoms with Gasteiger partial charge in [0.15, 0.2) is 18.5 Å². The minimum Gasteiger partial charge on any atom is -0.479 e. The van der Waals surface area contributed by atoms with Gasteiger partial charge in [0.2, 0.25) is 5.78 Å². The van der Waals surface area contributed by atoms with E-state index in [9.17, 15) is 50.1 Å². The predicted molar refractivity (Wildman–Crippen MR) is 72.1 cm³/mol. The van der Waals surface area contributed by atoms with Crippen molar-refractivity contribution in [1.82, 2.24) is 0 Å². The maximum absolute atomic E-state index is 12.3. The molecule has 14 heteroatoms. The first-order chi connectivity index (χ1) is 11.8. The van der Waals surface area contributed by atoms with E-state index in [0.29, 0.717) is 0 Å². The summed E-state index contributed by atoms with van der Waals surface area (Å²) in [5.41, 5.74) is -4.02. The molecule has 0 saturated carbocycles. The van der Waals surface area contributed by atoms with Crippen LogP contribution in [0, 0.1) is 0 Å². The van der Waals surface area contributed by atoms with Crippen LogP contribution in [-0.2, 0) is 19.1 Å². The molecular formula is C12H18O14. The highest BCUT2D eigenvalue weighted by atomic mass is 16.6. The van der Waals surface area contributed by atoms with Crippen molar-refractivity contribution in [1.29, 1.82) is 0 Å². The molecule has 9 atom stereocenters. The minimum atomic E-state index is -4.02. The molecule has 0 bridgehead atoms. The Morgan fingerprint density at radius 2 is 1.38 bits per heavy atom. The summed E-state index contributed by atoms with van der Waals surface area (Å²) < 4.78 is 4.43. The van der Waals surface area contributed by atoms with E-state index in [0.717, 1.165) is 0 Å². The summed E-state index contributed by atoms with van der Waals surface area (Å²) in [7, 11) is 0. The third-order valence-electron chi connectivity index (χ3n) is 3.88. The van der Waals surface area contributed by atoms with E-state index in [4.69, 9.17) is 15.3 Å². The number of carbonyl (C=O) groups excluding carboxylic acids is 1. The summed E-state index contributed by atoms with van der Waals surface area (Å²) in [6.45, 7) is 0. The van der Waals surface area contributed by atoms with Gasteiger partial charge >= 0.3 is 11.9 Å². The van der Waals surface area contributed by atoms with E-state index in [-0.39, 0.29) is 0 Å². The van der Waals surface area contributed by atoms with Gasteiger partial charge in [0.1, 0.15) is 30.5 Å². The second kappa shape index (κ2) is 7.87. The van der Waals surface area contributed by atoms with Gasteiger partial charge in [-0.2, -0.15) is 0 Å². The number of hydrogen-bond acceptors (Lipinski definition) is 12. The molecule has 26 heavy (non-hydrogen) atoms. The lowest BCUT2D eigenvalue weighted by Gasteiger charge is -2.40. The maximum Gasteiger partial charge on any atom is 0.346 e. The fourth-order valence-electron chi connectivity index (χ4n) is 2.24. The normalized spacial score (nSPS) is 35.0. The number of aliphatic hydroxyl groups excluding tert-OH is 7. The van der Waals surface area contributed by atoms with Gasteiger partial charge < -0.3 is 55.8 Å². The highest BCUT2D eigenvalue weighted by molar-refractivity contribution is 6.09. The molecule has 0 aliphatic carbocycles. The third kappa shape index (κ3) is 3.68. The second-order valence-electron chi connectivity index (χ2n) is 5.57. The van der Waals surface area contributed by atoms with Crippen LogP contribution in [0.15, 0.2) is 0 Å². The van der Waals surface area contributed by atoms with E-state index in [1.807, 2.05) is 0 Å².